The fraction of sp³-hybridized carbons (Fsp3) is 0. The van der Waals surface area contributed by atoms with Gasteiger partial charge >= 0.3 is 5.97 Å². The second-order valence-electron chi connectivity index (χ2n) is 3.38. The number of hydrogen-bond acceptors (Lipinski definition) is 2. The highest BCUT2D eigenvalue weighted by atomic mass is 19.1. The Morgan fingerprint density at radius 1 is 1.18 bits per heavy atom. The SMILES string of the molecule is O=C(O)c1cc(F)nc(-c2cccc(F)c2)c1. The Bertz CT molecular complexity index is 584. The number of aromatic carboxylic acids is 1. The number of rotatable bonds is 2. The number of pyridine rings is 1. The number of benzene rings is 1. The van der Waals surface area contributed by atoms with Gasteiger partial charge in [-0.25, -0.2) is 14.2 Å². The van der Waals surface area contributed by atoms with Crippen molar-refractivity contribution in [2.24, 2.45) is 0 Å². The van der Waals surface area contributed by atoms with Gasteiger partial charge in [-0.2, -0.15) is 4.39 Å². The molecule has 0 aliphatic rings. The van der Waals surface area contributed by atoms with E-state index in [-0.39, 0.29) is 11.3 Å². The molecule has 0 unspecified atom stereocenters. The maximum atomic E-state index is 13.1. The van der Waals surface area contributed by atoms with E-state index in [0.29, 0.717) is 5.56 Å². The summed E-state index contributed by atoms with van der Waals surface area (Å²) >= 11 is 0. The Morgan fingerprint density at radius 3 is 2.59 bits per heavy atom. The Kier molecular flexibility index (Phi) is 2.82. The molecule has 0 amide bonds. The van der Waals surface area contributed by atoms with Gasteiger partial charge < -0.3 is 5.11 Å². The van der Waals surface area contributed by atoms with E-state index in [1.54, 1.807) is 0 Å². The van der Waals surface area contributed by atoms with Gasteiger partial charge in [-0.15, -0.1) is 0 Å². The van der Waals surface area contributed by atoms with Crippen molar-refractivity contribution in [1.29, 1.82) is 0 Å². The molecule has 0 bridgehead atoms. The van der Waals surface area contributed by atoms with Crippen molar-refractivity contribution in [2.45, 2.75) is 0 Å². The summed E-state index contributed by atoms with van der Waals surface area (Å²) in [5, 5.41) is 8.77. The van der Waals surface area contributed by atoms with Crippen LogP contribution in [0.5, 0.6) is 0 Å². The topological polar surface area (TPSA) is 50.2 Å². The molecule has 0 atom stereocenters. The van der Waals surface area contributed by atoms with Crippen LogP contribution >= 0.6 is 0 Å². The van der Waals surface area contributed by atoms with Gasteiger partial charge in [0.25, 0.3) is 0 Å². The number of aromatic nitrogens is 1. The fourth-order valence-corrected chi connectivity index (χ4v) is 1.42. The summed E-state index contributed by atoms with van der Waals surface area (Å²) in [6.07, 6.45) is 0. The lowest BCUT2D eigenvalue weighted by atomic mass is 10.1. The molecule has 1 heterocycles. The molecule has 0 aliphatic carbocycles. The summed E-state index contributed by atoms with van der Waals surface area (Å²) < 4.78 is 26.1. The molecule has 5 heteroatoms. The Labute approximate surface area is 95.4 Å². The summed E-state index contributed by atoms with van der Waals surface area (Å²) in [6.45, 7) is 0. The third-order valence-corrected chi connectivity index (χ3v) is 2.16. The van der Waals surface area contributed by atoms with Crippen molar-refractivity contribution in [2.75, 3.05) is 0 Å². The van der Waals surface area contributed by atoms with Crippen LogP contribution in [0.1, 0.15) is 10.4 Å². The van der Waals surface area contributed by atoms with Crippen LogP contribution in [-0.2, 0) is 0 Å². The smallest absolute Gasteiger partial charge is 0.335 e. The highest BCUT2D eigenvalue weighted by Crippen LogP contribution is 2.19. The van der Waals surface area contributed by atoms with Crippen LogP contribution in [0.3, 0.4) is 0 Å². The molecule has 17 heavy (non-hydrogen) atoms. The third-order valence-electron chi connectivity index (χ3n) is 2.16. The Hall–Kier alpha value is -2.30. The molecule has 0 saturated heterocycles. The minimum absolute atomic E-state index is 0.0851. The highest BCUT2D eigenvalue weighted by Gasteiger charge is 2.10. The molecular weight excluding hydrogens is 228 g/mol. The molecule has 0 spiro atoms. The quantitative estimate of drug-likeness (QED) is 0.814. The minimum atomic E-state index is -1.26. The average Bonchev–Trinajstić information content (AvgIpc) is 2.28. The van der Waals surface area contributed by atoms with Crippen LogP contribution in [0.15, 0.2) is 36.4 Å². The highest BCUT2D eigenvalue weighted by molar-refractivity contribution is 5.88. The van der Waals surface area contributed by atoms with Crippen molar-refractivity contribution in [3.05, 3.63) is 53.7 Å². The zero-order valence-electron chi connectivity index (χ0n) is 8.52. The molecule has 86 valence electrons. The molecule has 0 fully saturated rings. The zero-order chi connectivity index (χ0) is 12.4. The van der Waals surface area contributed by atoms with E-state index in [4.69, 9.17) is 5.11 Å². The monoisotopic (exact) mass is 235 g/mol. The van der Waals surface area contributed by atoms with Crippen LogP contribution in [-0.4, -0.2) is 16.1 Å². The van der Waals surface area contributed by atoms with Crippen molar-refractivity contribution < 1.29 is 18.7 Å². The van der Waals surface area contributed by atoms with Crippen molar-refractivity contribution in [1.82, 2.24) is 4.98 Å². The standard InChI is InChI=1S/C12H7F2NO2/c13-9-3-1-2-7(4-9)10-5-8(12(16)17)6-11(14)15-10/h1-6H,(H,16,17). The predicted octanol–water partition coefficient (Wildman–Crippen LogP) is 2.73. The van der Waals surface area contributed by atoms with Gasteiger partial charge in [0.1, 0.15) is 5.82 Å². The van der Waals surface area contributed by atoms with E-state index >= 15 is 0 Å². The number of carbonyl (C=O) groups is 1. The first kappa shape index (κ1) is 11.2. The Balaban J connectivity index is 2.56. The van der Waals surface area contributed by atoms with Gasteiger partial charge in [0, 0.05) is 11.6 Å². The van der Waals surface area contributed by atoms with Crippen LogP contribution in [0, 0.1) is 11.8 Å². The lowest BCUT2D eigenvalue weighted by molar-refractivity contribution is 0.0696. The van der Waals surface area contributed by atoms with E-state index in [0.717, 1.165) is 12.1 Å². The molecule has 3 nitrogen and oxygen atoms in total. The number of carboxylic acids is 1. The lowest BCUT2D eigenvalue weighted by Crippen LogP contribution is -2.00. The van der Waals surface area contributed by atoms with Crippen molar-refractivity contribution in [3.63, 3.8) is 0 Å². The summed E-state index contributed by atoms with van der Waals surface area (Å²) in [5.74, 6) is -2.67. The van der Waals surface area contributed by atoms with Gasteiger partial charge in [0.15, 0.2) is 0 Å². The molecule has 1 N–H and O–H groups in total. The van der Waals surface area contributed by atoms with E-state index in [1.807, 2.05) is 0 Å². The summed E-state index contributed by atoms with van der Waals surface area (Å²) in [4.78, 5) is 14.3. The Morgan fingerprint density at radius 2 is 1.94 bits per heavy atom. The molecule has 0 radical (unpaired) electrons. The maximum absolute atomic E-state index is 13.1. The molecule has 1 aromatic heterocycles. The average molecular weight is 235 g/mol. The van der Waals surface area contributed by atoms with Gasteiger partial charge in [0.05, 0.1) is 11.3 Å². The van der Waals surface area contributed by atoms with E-state index in [2.05, 4.69) is 4.98 Å². The van der Waals surface area contributed by atoms with E-state index in [9.17, 15) is 13.6 Å². The van der Waals surface area contributed by atoms with Crippen LogP contribution < -0.4 is 0 Å². The molecule has 2 rings (SSSR count). The summed E-state index contributed by atoms with van der Waals surface area (Å²) in [5.41, 5.74) is 0.186. The second-order valence-corrected chi connectivity index (χ2v) is 3.38. The van der Waals surface area contributed by atoms with E-state index in [1.165, 1.54) is 24.3 Å². The van der Waals surface area contributed by atoms with Crippen molar-refractivity contribution in [3.8, 4) is 11.3 Å². The lowest BCUT2D eigenvalue weighted by Gasteiger charge is -2.03. The zero-order valence-corrected chi connectivity index (χ0v) is 8.52. The number of halogens is 2. The summed E-state index contributed by atoms with van der Waals surface area (Å²) in [6, 6.07) is 7.37. The fourth-order valence-electron chi connectivity index (χ4n) is 1.42. The van der Waals surface area contributed by atoms with Crippen LogP contribution in [0.4, 0.5) is 8.78 Å². The first-order chi connectivity index (χ1) is 8.06. The maximum Gasteiger partial charge on any atom is 0.335 e. The second kappa shape index (κ2) is 4.29. The normalized spacial score (nSPS) is 10.2. The van der Waals surface area contributed by atoms with Gasteiger partial charge in [-0.1, -0.05) is 12.1 Å². The molecular formula is C12H7F2NO2. The van der Waals surface area contributed by atoms with Crippen molar-refractivity contribution >= 4 is 5.97 Å². The number of nitrogens with zero attached hydrogens (tertiary/aromatic N) is 1. The van der Waals surface area contributed by atoms with Crippen LogP contribution in [0.25, 0.3) is 11.3 Å². The van der Waals surface area contributed by atoms with Gasteiger partial charge in [0.2, 0.25) is 5.95 Å². The number of hydrogen-bond donors (Lipinski definition) is 1. The molecule has 2 aromatic rings. The minimum Gasteiger partial charge on any atom is -0.478 e. The van der Waals surface area contributed by atoms with Crippen LogP contribution in [0.2, 0.25) is 0 Å². The van der Waals surface area contributed by atoms with Gasteiger partial charge in [-0.3, -0.25) is 0 Å². The van der Waals surface area contributed by atoms with Gasteiger partial charge in [-0.05, 0) is 18.2 Å². The summed E-state index contributed by atoms with van der Waals surface area (Å²) in [7, 11) is 0. The largest absolute Gasteiger partial charge is 0.478 e. The molecule has 0 saturated carbocycles. The van der Waals surface area contributed by atoms with E-state index < -0.39 is 17.7 Å². The molecule has 1 aromatic carbocycles. The predicted molar refractivity (Wildman–Crippen MR) is 56.5 cm³/mol. The number of carboxylic acid groups (broad SMARTS) is 1. The molecule has 0 aliphatic heterocycles. The first-order valence-corrected chi connectivity index (χ1v) is 4.73. The first-order valence-electron chi connectivity index (χ1n) is 4.73. The third kappa shape index (κ3) is 2.44.